The van der Waals surface area contributed by atoms with Gasteiger partial charge >= 0.3 is 0 Å². The van der Waals surface area contributed by atoms with E-state index >= 15 is 0 Å². The van der Waals surface area contributed by atoms with Crippen LogP contribution in [0.3, 0.4) is 0 Å². The van der Waals surface area contributed by atoms with Gasteiger partial charge in [0.25, 0.3) is 0 Å². The lowest BCUT2D eigenvalue weighted by atomic mass is 9.94. The molecule has 1 aromatic carbocycles. The Balaban J connectivity index is 1.86. The van der Waals surface area contributed by atoms with Crippen LogP contribution in [-0.4, -0.2) is 35.6 Å². The first kappa shape index (κ1) is 13.3. The molecule has 1 saturated heterocycles. The molecule has 1 aromatic rings. The number of aryl methyl sites for hydroxylation is 1. The third-order valence-electron chi connectivity index (χ3n) is 3.43. The highest BCUT2D eigenvalue weighted by Gasteiger charge is 2.29. The van der Waals surface area contributed by atoms with Gasteiger partial charge < -0.3 is 20.3 Å². The van der Waals surface area contributed by atoms with Gasteiger partial charge in [-0.1, -0.05) is 17.7 Å². The summed E-state index contributed by atoms with van der Waals surface area (Å²) in [5, 5.41) is 23.2. The number of phenols is 1. The van der Waals surface area contributed by atoms with Crippen LogP contribution >= 0.6 is 0 Å². The molecular formula is C14H21NO3. The van der Waals surface area contributed by atoms with Crippen molar-refractivity contribution in [3.8, 4) is 5.75 Å². The molecule has 0 saturated carbocycles. The van der Waals surface area contributed by atoms with Crippen molar-refractivity contribution in [3.05, 3.63) is 29.3 Å². The van der Waals surface area contributed by atoms with Crippen LogP contribution < -0.4 is 5.32 Å². The molecule has 0 unspecified atom stereocenters. The van der Waals surface area contributed by atoms with Gasteiger partial charge in [0, 0.05) is 44.7 Å². The minimum atomic E-state index is -0.669. The molecule has 1 heterocycles. The molecule has 1 aliphatic rings. The second-order valence-corrected chi connectivity index (χ2v) is 5.07. The van der Waals surface area contributed by atoms with Crippen LogP contribution in [0.5, 0.6) is 5.75 Å². The average molecular weight is 251 g/mol. The molecule has 1 fully saturated rings. The van der Waals surface area contributed by atoms with Crippen LogP contribution in [0.2, 0.25) is 0 Å². The Hall–Kier alpha value is -1.10. The van der Waals surface area contributed by atoms with E-state index in [1.54, 1.807) is 6.07 Å². The SMILES string of the molecule is Cc1ccc(O)c(CNCC2(O)CCOCC2)c1. The minimum Gasteiger partial charge on any atom is -0.508 e. The predicted octanol–water partition coefficient (Wildman–Crippen LogP) is 1.33. The van der Waals surface area contributed by atoms with Crippen LogP contribution in [0, 0.1) is 6.92 Å². The van der Waals surface area contributed by atoms with Gasteiger partial charge in [-0.05, 0) is 13.0 Å². The van der Waals surface area contributed by atoms with E-state index in [4.69, 9.17) is 4.74 Å². The highest BCUT2D eigenvalue weighted by atomic mass is 16.5. The second kappa shape index (κ2) is 5.69. The molecule has 0 bridgehead atoms. The Morgan fingerprint density at radius 1 is 1.33 bits per heavy atom. The van der Waals surface area contributed by atoms with Crippen LogP contribution in [0.25, 0.3) is 0 Å². The fraction of sp³-hybridized carbons (Fsp3) is 0.571. The summed E-state index contributed by atoms with van der Waals surface area (Å²) < 4.78 is 5.24. The maximum Gasteiger partial charge on any atom is 0.120 e. The molecule has 1 aliphatic heterocycles. The van der Waals surface area contributed by atoms with E-state index in [-0.39, 0.29) is 0 Å². The third kappa shape index (κ3) is 3.45. The number of phenolic OH excluding ortho intramolecular Hbond substituents is 1. The molecule has 0 radical (unpaired) electrons. The molecule has 0 atom stereocenters. The first-order chi connectivity index (χ1) is 8.59. The van der Waals surface area contributed by atoms with Crippen molar-refractivity contribution in [1.82, 2.24) is 5.32 Å². The predicted molar refractivity (Wildman–Crippen MR) is 69.6 cm³/mol. The largest absolute Gasteiger partial charge is 0.508 e. The van der Waals surface area contributed by atoms with Gasteiger partial charge in [0.05, 0.1) is 5.60 Å². The van der Waals surface area contributed by atoms with Crippen molar-refractivity contribution in [3.63, 3.8) is 0 Å². The molecule has 0 spiro atoms. The van der Waals surface area contributed by atoms with Gasteiger partial charge in [-0.25, -0.2) is 0 Å². The number of aromatic hydroxyl groups is 1. The summed E-state index contributed by atoms with van der Waals surface area (Å²) in [6.07, 6.45) is 1.33. The number of hydrogen-bond acceptors (Lipinski definition) is 4. The monoisotopic (exact) mass is 251 g/mol. The van der Waals surface area contributed by atoms with E-state index in [0.29, 0.717) is 44.9 Å². The van der Waals surface area contributed by atoms with Crippen molar-refractivity contribution < 1.29 is 14.9 Å². The molecule has 4 nitrogen and oxygen atoms in total. The van der Waals surface area contributed by atoms with Gasteiger partial charge in [-0.3, -0.25) is 0 Å². The van der Waals surface area contributed by atoms with E-state index in [0.717, 1.165) is 11.1 Å². The van der Waals surface area contributed by atoms with Gasteiger partial charge in [-0.2, -0.15) is 0 Å². The number of aliphatic hydroxyl groups is 1. The molecular weight excluding hydrogens is 230 g/mol. The Labute approximate surface area is 108 Å². The topological polar surface area (TPSA) is 61.7 Å². The highest BCUT2D eigenvalue weighted by molar-refractivity contribution is 5.35. The molecule has 100 valence electrons. The number of benzene rings is 1. The first-order valence-corrected chi connectivity index (χ1v) is 6.38. The van der Waals surface area contributed by atoms with Crippen molar-refractivity contribution in [2.45, 2.75) is 31.9 Å². The number of nitrogens with one attached hydrogen (secondary N) is 1. The lowest BCUT2D eigenvalue weighted by Gasteiger charge is -2.32. The summed E-state index contributed by atoms with van der Waals surface area (Å²) in [5.41, 5.74) is 1.32. The average Bonchev–Trinajstić information content (AvgIpc) is 2.34. The number of rotatable bonds is 4. The van der Waals surface area contributed by atoms with Crippen LogP contribution in [0.4, 0.5) is 0 Å². The van der Waals surface area contributed by atoms with Crippen LogP contribution in [-0.2, 0) is 11.3 Å². The van der Waals surface area contributed by atoms with Gasteiger partial charge in [0.1, 0.15) is 5.75 Å². The van der Waals surface area contributed by atoms with Crippen molar-refractivity contribution >= 4 is 0 Å². The van der Waals surface area contributed by atoms with E-state index in [2.05, 4.69) is 5.32 Å². The number of ether oxygens (including phenoxy) is 1. The summed E-state index contributed by atoms with van der Waals surface area (Å²) >= 11 is 0. The molecule has 0 aromatic heterocycles. The summed E-state index contributed by atoms with van der Waals surface area (Å²) in [4.78, 5) is 0. The first-order valence-electron chi connectivity index (χ1n) is 6.38. The second-order valence-electron chi connectivity index (χ2n) is 5.07. The van der Waals surface area contributed by atoms with Crippen molar-refractivity contribution in [2.75, 3.05) is 19.8 Å². The van der Waals surface area contributed by atoms with E-state index in [1.807, 2.05) is 19.1 Å². The smallest absolute Gasteiger partial charge is 0.120 e. The summed E-state index contributed by atoms with van der Waals surface area (Å²) in [6.45, 7) is 4.33. The maximum absolute atomic E-state index is 10.3. The van der Waals surface area contributed by atoms with Crippen LogP contribution in [0.1, 0.15) is 24.0 Å². The molecule has 4 heteroatoms. The highest BCUT2D eigenvalue weighted by Crippen LogP contribution is 2.21. The fourth-order valence-corrected chi connectivity index (χ4v) is 2.21. The molecule has 18 heavy (non-hydrogen) atoms. The van der Waals surface area contributed by atoms with E-state index in [9.17, 15) is 10.2 Å². The van der Waals surface area contributed by atoms with Crippen LogP contribution in [0.15, 0.2) is 18.2 Å². The zero-order valence-corrected chi connectivity index (χ0v) is 10.8. The Morgan fingerprint density at radius 2 is 2.06 bits per heavy atom. The maximum atomic E-state index is 10.3. The summed E-state index contributed by atoms with van der Waals surface area (Å²) in [7, 11) is 0. The van der Waals surface area contributed by atoms with Gasteiger partial charge in [0.15, 0.2) is 0 Å². The fourth-order valence-electron chi connectivity index (χ4n) is 2.21. The Morgan fingerprint density at radius 3 is 2.78 bits per heavy atom. The standard InChI is InChI=1S/C14H21NO3/c1-11-2-3-13(16)12(8-11)9-15-10-14(17)4-6-18-7-5-14/h2-3,8,15-17H,4-7,9-10H2,1H3. The lowest BCUT2D eigenvalue weighted by Crippen LogP contribution is -2.44. The molecule has 3 N–H and O–H groups in total. The zero-order valence-electron chi connectivity index (χ0n) is 10.8. The Bertz CT molecular complexity index is 400. The lowest BCUT2D eigenvalue weighted by molar-refractivity contribution is -0.0617. The van der Waals surface area contributed by atoms with Crippen molar-refractivity contribution in [1.29, 1.82) is 0 Å². The van der Waals surface area contributed by atoms with Crippen molar-refractivity contribution in [2.24, 2.45) is 0 Å². The molecule has 0 amide bonds. The summed E-state index contributed by atoms with van der Waals surface area (Å²) in [5.74, 6) is 0.298. The summed E-state index contributed by atoms with van der Waals surface area (Å²) in [6, 6.07) is 5.54. The number of hydrogen-bond donors (Lipinski definition) is 3. The van der Waals surface area contributed by atoms with E-state index < -0.39 is 5.60 Å². The van der Waals surface area contributed by atoms with Gasteiger partial charge in [-0.15, -0.1) is 0 Å². The third-order valence-corrected chi connectivity index (χ3v) is 3.43. The Kier molecular flexibility index (Phi) is 4.22. The quantitative estimate of drug-likeness (QED) is 0.755. The molecule has 0 aliphatic carbocycles. The minimum absolute atomic E-state index is 0.298. The molecule has 2 rings (SSSR count). The van der Waals surface area contributed by atoms with Gasteiger partial charge in [0.2, 0.25) is 0 Å². The normalized spacial score (nSPS) is 18.8. The zero-order chi connectivity index (χ0) is 13.0. The van der Waals surface area contributed by atoms with E-state index in [1.165, 1.54) is 0 Å².